The van der Waals surface area contributed by atoms with Crippen molar-refractivity contribution in [2.45, 2.75) is 39.0 Å². The number of hydrogen-bond acceptors (Lipinski definition) is 4. The minimum absolute atomic E-state index is 0.116. The van der Waals surface area contributed by atoms with Crippen molar-refractivity contribution in [3.8, 4) is 5.75 Å². The average Bonchev–Trinajstić information content (AvgIpc) is 2.64. The van der Waals surface area contributed by atoms with Gasteiger partial charge in [0.1, 0.15) is 5.75 Å². The quantitative estimate of drug-likeness (QED) is 0.667. The summed E-state index contributed by atoms with van der Waals surface area (Å²) in [7, 11) is 0. The summed E-state index contributed by atoms with van der Waals surface area (Å²) in [5, 5.41) is 3.17. The highest BCUT2D eigenvalue weighted by Crippen LogP contribution is 2.16. The van der Waals surface area contributed by atoms with Gasteiger partial charge in [-0.1, -0.05) is 32.6 Å². The lowest BCUT2D eigenvalue weighted by Crippen LogP contribution is -2.43. The van der Waals surface area contributed by atoms with Crippen molar-refractivity contribution in [2.24, 2.45) is 0 Å². The predicted octanol–water partition coefficient (Wildman–Crippen LogP) is 3.31. The van der Waals surface area contributed by atoms with Gasteiger partial charge in [0, 0.05) is 18.8 Å². The highest BCUT2D eigenvalue weighted by atomic mass is 16.5. The van der Waals surface area contributed by atoms with E-state index in [-0.39, 0.29) is 5.91 Å². The molecule has 134 valence electrons. The largest absolute Gasteiger partial charge is 0.494 e. The molecule has 0 spiro atoms. The smallest absolute Gasteiger partial charge is 0.242 e. The van der Waals surface area contributed by atoms with Crippen LogP contribution in [0.4, 0.5) is 5.69 Å². The summed E-state index contributed by atoms with van der Waals surface area (Å²) < 4.78 is 11.0. The number of benzene rings is 1. The number of carbonyl (C=O) groups is 1. The molecular weight excluding hydrogens is 304 g/mol. The standard InChI is InChI=1S/C19H30N2O3/c1-2-3-4-5-6-13-24-18-9-7-17(8-10-18)20-16-19(22)21-11-14-23-15-12-21/h7-10,20H,2-6,11-16H2,1H3. The van der Waals surface area contributed by atoms with Gasteiger partial charge in [-0.15, -0.1) is 0 Å². The van der Waals surface area contributed by atoms with Crippen molar-refractivity contribution in [2.75, 3.05) is 44.8 Å². The Labute approximate surface area is 145 Å². The molecule has 0 radical (unpaired) electrons. The van der Waals surface area contributed by atoms with Crippen LogP contribution in [0.3, 0.4) is 0 Å². The van der Waals surface area contributed by atoms with Gasteiger partial charge in [0.05, 0.1) is 26.4 Å². The van der Waals surface area contributed by atoms with Gasteiger partial charge in [0.25, 0.3) is 0 Å². The van der Waals surface area contributed by atoms with Crippen LogP contribution < -0.4 is 10.1 Å². The predicted molar refractivity (Wildman–Crippen MR) is 96.6 cm³/mol. The van der Waals surface area contributed by atoms with Gasteiger partial charge in [-0.3, -0.25) is 4.79 Å². The van der Waals surface area contributed by atoms with E-state index >= 15 is 0 Å². The third kappa shape index (κ3) is 6.79. The SMILES string of the molecule is CCCCCCCOc1ccc(NCC(=O)N2CCOCC2)cc1. The van der Waals surface area contributed by atoms with E-state index < -0.39 is 0 Å². The van der Waals surface area contributed by atoms with Gasteiger partial charge in [-0.25, -0.2) is 0 Å². The Bertz CT molecular complexity index is 470. The van der Waals surface area contributed by atoms with Crippen LogP contribution in [0.2, 0.25) is 0 Å². The molecule has 2 rings (SSSR count). The van der Waals surface area contributed by atoms with Gasteiger partial charge >= 0.3 is 0 Å². The molecule has 1 fully saturated rings. The highest BCUT2D eigenvalue weighted by Gasteiger charge is 2.16. The monoisotopic (exact) mass is 334 g/mol. The second-order valence-electron chi connectivity index (χ2n) is 6.13. The lowest BCUT2D eigenvalue weighted by atomic mass is 10.2. The molecular formula is C19H30N2O3. The van der Waals surface area contributed by atoms with Crippen LogP contribution in [0, 0.1) is 0 Å². The zero-order valence-electron chi connectivity index (χ0n) is 14.8. The Kier molecular flexibility index (Phi) is 8.46. The topological polar surface area (TPSA) is 50.8 Å². The number of morpholine rings is 1. The lowest BCUT2D eigenvalue weighted by molar-refractivity contribution is -0.133. The molecule has 0 saturated carbocycles. The summed E-state index contributed by atoms with van der Waals surface area (Å²) in [6.07, 6.45) is 6.21. The second kappa shape index (κ2) is 10.9. The van der Waals surface area contributed by atoms with Crippen molar-refractivity contribution >= 4 is 11.6 Å². The van der Waals surface area contributed by atoms with Gasteiger partial charge in [0.15, 0.2) is 0 Å². The number of nitrogens with zero attached hydrogens (tertiary/aromatic N) is 1. The summed E-state index contributed by atoms with van der Waals surface area (Å²) in [4.78, 5) is 13.9. The zero-order valence-corrected chi connectivity index (χ0v) is 14.8. The minimum atomic E-state index is 0.116. The van der Waals surface area contributed by atoms with E-state index in [9.17, 15) is 4.79 Å². The molecule has 0 bridgehead atoms. The molecule has 1 aliphatic heterocycles. The maximum absolute atomic E-state index is 12.1. The van der Waals surface area contributed by atoms with Crippen molar-refractivity contribution < 1.29 is 14.3 Å². The maximum atomic E-state index is 12.1. The lowest BCUT2D eigenvalue weighted by Gasteiger charge is -2.27. The third-order valence-electron chi connectivity index (χ3n) is 4.18. The minimum Gasteiger partial charge on any atom is -0.494 e. The van der Waals surface area contributed by atoms with Crippen LogP contribution >= 0.6 is 0 Å². The summed E-state index contributed by atoms with van der Waals surface area (Å²) in [5.74, 6) is 1.00. The number of carbonyl (C=O) groups excluding carboxylic acids is 1. The molecule has 1 N–H and O–H groups in total. The van der Waals surface area contributed by atoms with Crippen molar-refractivity contribution in [3.05, 3.63) is 24.3 Å². The van der Waals surface area contributed by atoms with Crippen molar-refractivity contribution in [1.29, 1.82) is 0 Å². The fraction of sp³-hybridized carbons (Fsp3) is 0.632. The Morgan fingerprint density at radius 3 is 2.54 bits per heavy atom. The van der Waals surface area contributed by atoms with Crippen LogP contribution in [-0.4, -0.2) is 50.3 Å². The molecule has 1 amide bonds. The van der Waals surface area contributed by atoms with Crippen LogP contribution in [0.5, 0.6) is 5.75 Å². The van der Waals surface area contributed by atoms with E-state index in [1.807, 2.05) is 29.2 Å². The number of rotatable bonds is 10. The number of unbranched alkanes of at least 4 members (excludes halogenated alkanes) is 4. The summed E-state index contributed by atoms with van der Waals surface area (Å²) in [6.45, 7) is 5.95. The first kappa shape index (κ1) is 18.6. The highest BCUT2D eigenvalue weighted by molar-refractivity contribution is 5.81. The molecule has 1 heterocycles. The molecule has 24 heavy (non-hydrogen) atoms. The molecule has 0 aromatic heterocycles. The van der Waals surface area contributed by atoms with Crippen molar-refractivity contribution in [3.63, 3.8) is 0 Å². The van der Waals surface area contributed by atoms with E-state index in [0.717, 1.165) is 24.5 Å². The van der Waals surface area contributed by atoms with E-state index in [0.29, 0.717) is 32.8 Å². The Balaban J connectivity index is 1.63. The van der Waals surface area contributed by atoms with Crippen LogP contribution in [0.15, 0.2) is 24.3 Å². The van der Waals surface area contributed by atoms with Gasteiger partial charge in [-0.05, 0) is 30.7 Å². The van der Waals surface area contributed by atoms with E-state index in [2.05, 4.69) is 12.2 Å². The van der Waals surface area contributed by atoms with Crippen LogP contribution in [0.25, 0.3) is 0 Å². The van der Waals surface area contributed by atoms with E-state index in [1.165, 1.54) is 25.7 Å². The third-order valence-corrected chi connectivity index (χ3v) is 4.18. The van der Waals surface area contributed by atoms with Gasteiger partial charge in [0.2, 0.25) is 5.91 Å². The number of amides is 1. The zero-order chi connectivity index (χ0) is 17.0. The summed E-state index contributed by atoms with van der Waals surface area (Å²) in [5.41, 5.74) is 0.937. The second-order valence-corrected chi connectivity index (χ2v) is 6.13. The van der Waals surface area contributed by atoms with Gasteiger partial charge < -0.3 is 19.7 Å². The Morgan fingerprint density at radius 1 is 1.12 bits per heavy atom. The molecule has 1 aromatic rings. The Hall–Kier alpha value is -1.75. The van der Waals surface area contributed by atoms with Gasteiger partial charge in [-0.2, -0.15) is 0 Å². The first-order chi connectivity index (χ1) is 11.8. The number of hydrogen-bond donors (Lipinski definition) is 1. The summed E-state index contributed by atoms with van der Waals surface area (Å²) >= 11 is 0. The van der Waals surface area contributed by atoms with E-state index in [4.69, 9.17) is 9.47 Å². The number of anilines is 1. The molecule has 1 aromatic carbocycles. The number of ether oxygens (including phenoxy) is 2. The Morgan fingerprint density at radius 2 is 1.83 bits per heavy atom. The first-order valence-electron chi connectivity index (χ1n) is 9.12. The summed E-state index contributed by atoms with van der Waals surface area (Å²) in [6, 6.07) is 7.82. The molecule has 5 heteroatoms. The molecule has 1 saturated heterocycles. The normalized spacial score (nSPS) is 14.5. The maximum Gasteiger partial charge on any atom is 0.242 e. The molecule has 0 unspecified atom stereocenters. The number of nitrogens with one attached hydrogen (secondary N) is 1. The molecule has 0 atom stereocenters. The molecule has 1 aliphatic rings. The van der Waals surface area contributed by atoms with E-state index in [1.54, 1.807) is 0 Å². The average molecular weight is 334 g/mol. The first-order valence-corrected chi connectivity index (χ1v) is 9.12. The molecule has 5 nitrogen and oxygen atoms in total. The molecule has 0 aliphatic carbocycles. The fourth-order valence-corrected chi connectivity index (χ4v) is 2.67. The fourth-order valence-electron chi connectivity index (χ4n) is 2.67. The van der Waals surface area contributed by atoms with Crippen molar-refractivity contribution in [1.82, 2.24) is 4.90 Å². The van der Waals surface area contributed by atoms with Crippen LogP contribution in [0.1, 0.15) is 39.0 Å². The van der Waals surface area contributed by atoms with Crippen LogP contribution in [-0.2, 0) is 9.53 Å².